The normalized spacial score (nSPS) is 14.1. The monoisotopic (exact) mass is 241 g/mol. The molecule has 0 spiro atoms. The highest BCUT2D eigenvalue weighted by molar-refractivity contribution is 5.68. The van der Waals surface area contributed by atoms with Crippen molar-refractivity contribution in [3.05, 3.63) is 29.3 Å². The first-order chi connectivity index (χ1) is 7.97. The lowest BCUT2D eigenvalue weighted by atomic mass is 9.95. The van der Waals surface area contributed by atoms with Crippen LogP contribution in [0, 0.1) is 0 Å². The van der Waals surface area contributed by atoms with Gasteiger partial charge in [0.25, 0.3) is 0 Å². The average Bonchev–Trinajstić information content (AvgIpc) is 2.26. The Morgan fingerprint density at radius 3 is 2.71 bits per heavy atom. The molecule has 17 heavy (non-hydrogen) atoms. The Morgan fingerprint density at radius 1 is 1.59 bits per heavy atom. The highest BCUT2D eigenvalue weighted by Crippen LogP contribution is 2.33. The van der Waals surface area contributed by atoms with Crippen molar-refractivity contribution in [2.45, 2.75) is 25.6 Å². The second kappa shape index (κ2) is 5.63. The second-order valence-corrected chi connectivity index (χ2v) is 3.78. The van der Waals surface area contributed by atoms with Crippen molar-refractivity contribution in [1.29, 1.82) is 0 Å². The highest BCUT2D eigenvalue weighted by Gasteiger charge is 2.21. The fourth-order valence-electron chi connectivity index (χ4n) is 1.77. The zero-order chi connectivity index (χ0) is 13.0. The molecule has 3 N–H and O–H groups in total. The number of nitrogens with two attached hydrogens (primary N) is 1. The molecule has 94 valence electrons. The number of methoxy groups -OCH3 is 1. The Hall–Kier alpha value is -1.62. The molecule has 0 aromatic heterocycles. The Kier molecular flexibility index (Phi) is 4.45. The van der Waals surface area contributed by atoms with Crippen molar-refractivity contribution in [1.82, 2.24) is 0 Å². The summed E-state index contributed by atoms with van der Waals surface area (Å²) in [5, 5.41) is 8.72. The van der Waals surface area contributed by atoms with Gasteiger partial charge < -0.3 is 15.6 Å². The molecule has 0 aliphatic heterocycles. The van der Waals surface area contributed by atoms with Gasteiger partial charge in [-0.2, -0.15) is 0 Å². The molecule has 1 aromatic rings. The van der Waals surface area contributed by atoms with Crippen molar-refractivity contribution >= 4 is 5.97 Å². The van der Waals surface area contributed by atoms with Crippen LogP contribution in [0.3, 0.4) is 0 Å². The molecule has 0 bridgehead atoms. The molecule has 0 aliphatic carbocycles. The minimum absolute atomic E-state index is 0.264. The van der Waals surface area contributed by atoms with Gasteiger partial charge in [-0.1, -0.05) is 12.1 Å². The highest BCUT2D eigenvalue weighted by atomic mass is 19.1. The van der Waals surface area contributed by atoms with E-state index in [-0.39, 0.29) is 6.42 Å². The molecule has 1 rings (SSSR count). The quantitative estimate of drug-likeness (QED) is 0.828. The van der Waals surface area contributed by atoms with Crippen molar-refractivity contribution in [3.63, 3.8) is 0 Å². The Labute approximate surface area is 99.2 Å². The molecule has 0 fully saturated rings. The SMILES string of the molecule is COc1cccc(C(C)F)c1C(N)CC(=O)O. The van der Waals surface area contributed by atoms with E-state index >= 15 is 0 Å². The molecule has 0 radical (unpaired) electrons. The van der Waals surface area contributed by atoms with E-state index < -0.39 is 18.2 Å². The largest absolute Gasteiger partial charge is 0.496 e. The van der Waals surface area contributed by atoms with Gasteiger partial charge in [0.2, 0.25) is 0 Å². The van der Waals surface area contributed by atoms with Crippen molar-refractivity contribution in [3.8, 4) is 5.75 Å². The molecule has 1 aromatic carbocycles. The molecule has 2 atom stereocenters. The summed E-state index contributed by atoms with van der Waals surface area (Å²) in [5.74, 6) is -0.610. The summed E-state index contributed by atoms with van der Waals surface area (Å²) in [5.41, 5.74) is 6.58. The maximum Gasteiger partial charge on any atom is 0.305 e. The lowest BCUT2D eigenvalue weighted by molar-refractivity contribution is -0.137. The second-order valence-electron chi connectivity index (χ2n) is 3.78. The van der Waals surface area contributed by atoms with Gasteiger partial charge in [0.05, 0.1) is 13.5 Å². The standard InChI is InChI=1S/C12H16FNO3/c1-7(13)8-4-3-5-10(17-2)12(8)9(14)6-11(15)16/h3-5,7,9H,6,14H2,1-2H3,(H,15,16). The van der Waals surface area contributed by atoms with Crippen LogP contribution < -0.4 is 10.5 Å². The number of hydrogen-bond donors (Lipinski definition) is 2. The number of aliphatic carboxylic acids is 1. The van der Waals surface area contributed by atoms with Gasteiger partial charge >= 0.3 is 5.97 Å². The summed E-state index contributed by atoms with van der Waals surface area (Å²) in [7, 11) is 1.44. The van der Waals surface area contributed by atoms with Crippen LogP contribution in [0.25, 0.3) is 0 Å². The van der Waals surface area contributed by atoms with Crippen LogP contribution in [0.2, 0.25) is 0 Å². The van der Waals surface area contributed by atoms with Gasteiger partial charge in [0, 0.05) is 11.6 Å². The first-order valence-corrected chi connectivity index (χ1v) is 5.25. The van der Waals surface area contributed by atoms with E-state index in [0.29, 0.717) is 16.9 Å². The molecule has 0 saturated carbocycles. The number of rotatable bonds is 5. The lowest BCUT2D eigenvalue weighted by Crippen LogP contribution is -2.18. The molecule has 5 heteroatoms. The van der Waals surface area contributed by atoms with E-state index in [0.717, 1.165) is 0 Å². The fraction of sp³-hybridized carbons (Fsp3) is 0.417. The van der Waals surface area contributed by atoms with Gasteiger partial charge in [-0.25, -0.2) is 4.39 Å². The predicted molar refractivity (Wildman–Crippen MR) is 61.7 cm³/mol. The van der Waals surface area contributed by atoms with Gasteiger partial charge in [-0.3, -0.25) is 4.79 Å². The van der Waals surface area contributed by atoms with Crippen LogP contribution in [0.15, 0.2) is 18.2 Å². The number of benzene rings is 1. The topological polar surface area (TPSA) is 72.5 Å². The van der Waals surface area contributed by atoms with E-state index in [9.17, 15) is 9.18 Å². The zero-order valence-corrected chi connectivity index (χ0v) is 9.81. The van der Waals surface area contributed by atoms with Gasteiger partial charge in [0.1, 0.15) is 11.9 Å². The van der Waals surface area contributed by atoms with E-state index in [1.54, 1.807) is 18.2 Å². The number of halogens is 1. The minimum atomic E-state index is -1.22. The van der Waals surface area contributed by atoms with E-state index in [2.05, 4.69) is 0 Å². The molecule has 2 unspecified atom stereocenters. The van der Waals surface area contributed by atoms with Crippen LogP contribution in [0.5, 0.6) is 5.75 Å². The number of carboxylic acids is 1. The summed E-state index contributed by atoms with van der Waals surface area (Å²) < 4.78 is 18.5. The Morgan fingerprint density at radius 2 is 2.24 bits per heavy atom. The van der Waals surface area contributed by atoms with Crippen molar-refractivity contribution in [2.24, 2.45) is 5.73 Å². The molecular weight excluding hydrogens is 225 g/mol. The number of alkyl halides is 1. The maximum atomic E-state index is 13.4. The van der Waals surface area contributed by atoms with Crippen LogP contribution in [0.1, 0.15) is 36.7 Å². The number of carboxylic acid groups (broad SMARTS) is 1. The third kappa shape index (κ3) is 3.17. The molecule has 0 amide bonds. The minimum Gasteiger partial charge on any atom is -0.496 e. The first-order valence-electron chi connectivity index (χ1n) is 5.25. The summed E-state index contributed by atoms with van der Waals surface area (Å²) in [6.45, 7) is 1.38. The Bertz CT molecular complexity index is 407. The molecule has 0 saturated heterocycles. The number of ether oxygens (including phenoxy) is 1. The number of hydrogen-bond acceptors (Lipinski definition) is 3. The van der Waals surface area contributed by atoms with Crippen LogP contribution in [-0.4, -0.2) is 18.2 Å². The smallest absolute Gasteiger partial charge is 0.305 e. The molecular formula is C12H16FNO3. The fourth-order valence-corrected chi connectivity index (χ4v) is 1.77. The third-order valence-electron chi connectivity index (χ3n) is 2.51. The lowest BCUT2D eigenvalue weighted by Gasteiger charge is -2.19. The van der Waals surface area contributed by atoms with E-state index in [1.165, 1.54) is 14.0 Å². The zero-order valence-electron chi connectivity index (χ0n) is 9.81. The summed E-state index contributed by atoms with van der Waals surface area (Å²) in [6, 6.07) is 4.10. The van der Waals surface area contributed by atoms with E-state index in [4.69, 9.17) is 15.6 Å². The van der Waals surface area contributed by atoms with Crippen LogP contribution in [0.4, 0.5) is 4.39 Å². The summed E-state index contributed by atoms with van der Waals surface area (Å²) in [4.78, 5) is 10.6. The average molecular weight is 241 g/mol. The van der Waals surface area contributed by atoms with Crippen LogP contribution in [-0.2, 0) is 4.79 Å². The van der Waals surface area contributed by atoms with Gasteiger partial charge in [-0.05, 0) is 18.6 Å². The third-order valence-corrected chi connectivity index (χ3v) is 2.51. The van der Waals surface area contributed by atoms with Crippen molar-refractivity contribution in [2.75, 3.05) is 7.11 Å². The predicted octanol–water partition coefficient (Wildman–Crippen LogP) is 2.20. The molecule has 4 nitrogen and oxygen atoms in total. The molecule has 0 heterocycles. The van der Waals surface area contributed by atoms with E-state index in [1.807, 2.05) is 0 Å². The van der Waals surface area contributed by atoms with Gasteiger partial charge in [-0.15, -0.1) is 0 Å². The summed E-state index contributed by atoms with van der Waals surface area (Å²) >= 11 is 0. The number of carbonyl (C=O) groups is 1. The van der Waals surface area contributed by atoms with Crippen molar-refractivity contribution < 1.29 is 19.0 Å². The maximum absolute atomic E-state index is 13.4. The van der Waals surface area contributed by atoms with Gasteiger partial charge in [0.15, 0.2) is 0 Å². The first kappa shape index (κ1) is 13.4. The Balaban J connectivity index is 3.21. The summed E-state index contributed by atoms with van der Waals surface area (Å²) in [6.07, 6.45) is -1.49. The molecule has 0 aliphatic rings. The van der Waals surface area contributed by atoms with Crippen LogP contribution >= 0.6 is 0 Å².